The summed E-state index contributed by atoms with van der Waals surface area (Å²) >= 11 is 5.85. The van der Waals surface area contributed by atoms with Crippen LogP contribution >= 0.6 is 11.6 Å². The van der Waals surface area contributed by atoms with Gasteiger partial charge in [-0.05, 0) is 30.2 Å². The number of esters is 1. The summed E-state index contributed by atoms with van der Waals surface area (Å²) in [5.74, 6) is -0.363. The second-order valence-electron chi connectivity index (χ2n) is 2.87. The lowest BCUT2D eigenvalue weighted by atomic mass is 10.1. The van der Waals surface area contributed by atoms with Gasteiger partial charge in [0.25, 0.3) is 0 Å². The first kappa shape index (κ1) is 10.8. The van der Waals surface area contributed by atoms with Crippen molar-refractivity contribution in [3.8, 4) is 0 Å². The van der Waals surface area contributed by atoms with Crippen LogP contribution in [0, 0.1) is 6.92 Å². The maximum absolute atomic E-state index is 10.8. The van der Waals surface area contributed by atoms with E-state index in [0.717, 1.165) is 16.1 Å². The van der Waals surface area contributed by atoms with Crippen molar-refractivity contribution in [2.45, 2.75) is 6.92 Å². The highest BCUT2D eigenvalue weighted by molar-refractivity contribution is 6.31. The van der Waals surface area contributed by atoms with Crippen LogP contribution in [-0.4, -0.2) is 13.1 Å². The van der Waals surface area contributed by atoms with Gasteiger partial charge in [-0.25, -0.2) is 4.79 Å². The third-order valence-electron chi connectivity index (χ3n) is 1.80. The molecule has 0 saturated carbocycles. The molecule has 0 saturated heterocycles. The molecule has 74 valence electrons. The Labute approximate surface area is 88.1 Å². The van der Waals surface area contributed by atoms with E-state index in [1.165, 1.54) is 13.2 Å². The van der Waals surface area contributed by atoms with Gasteiger partial charge in [0, 0.05) is 11.1 Å². The molecule has 1 aromatic rings. The maximum Gasteiger partial charge on any atom is 0.330 e. The molecule has 0 aromatic heterocycles. The van der Waals surface area contributed by atoms with Crippen molar-refractivity contribution in [2.24, 2.45) is 0 Å². The van der Waals surface area contributed by atoms with Gasteiger partial charge in [0.1, 0.15) is 0 Å². The fourth-order valence-corrected chi connectivity index (χ4v) is 1.12. The summed E-state index contributed by atoms with van der Waals surface area (Å²) in [6.45, 7) is 1.91. The van der Waals surface area contributed by atoms with Gasteiger partial charge in [-0.1, -0.05) is 23.7 Å². The lowest BCUT2D eigenvalue weighted by Crippen LogP contribution is -1.93. The highest BCUT2D eigenvalue weighted by Crippen LogP contribution is 2.16. The summed E-state index contributed by atoms with van der Waals surface area (Å²) < 4.78 is 4.47. The van der Waals surface area contributed by atoms with Crippen molar-refractivity contribution in [3.05, 3.63) is 40.4 Å². The summed E-state index contributed by atoms with van der Waals surface area (Å²) in [5, 5.41) is 0.722. The molecule has 0 amide bonds. The van der Waals surface area contributed by atoms with Crippen LogP contribution in [0.4, 0.5) is 0 Å². The first-order chi connectivity index (χ1) is 6.63. The van der Waals surface area contributed by atoms with E-state index in [-0.39, 0.29) is 5.97 Å². The van der Waals surface area contributed by atoms with Gasteiger partial charge in [-0.15, -0.1) is 0 Å². The van der Waals surface area contributed by atoms with Crippen molar-refractivity contribution in [1.82, 2.24) is 0 Å². The Morgan fingerprint density at radius 3 is 2.79 bits per heavy atom. The molecule has 0 unspecified atom stereocenters. The van der Waals surface area contributed by atoms with Crippen LogP contribution in [-0.2, 0) is 9.53 Å². The summed E-state index contributed by atoms with van der Waals surface area (Å²) in [7, 11) is 1.35. The minimum atomic E-state index is -0.363. The summed E-state index contributed by atoms with van der Waals surface area (Å²) in [6.07, 6.45) is 3.07. The van der Waals surface area contributed by atoms with Gasteiger partial charge in [-0.3, -0.25) is 0 Å². The number of hydrogen-bond donors (Lipinski definition) is 0. The van der Waals surface area contributed by atoms with Gasteiger partial charge >= 0.3 is 5.97 Å². The number of methoxy groups -OCH3 is 1. The van der Waals surface area contributed by atoms with Crippen molar-refractivity contribution in [2.75, 3.05) is 7.11 Å². The van der Waals surface area contributed by atoms with Gasteiger partial charge in [0.05, 0.1) is 7.11 Å². The first-order valence-electron chi connectivity index (χ1n) is 4.15. The molecule has 0 radical (unpaired) electrons. The second-order valence-corrected chi connectivity index (χ2v) is 3.27. The fraction of sp³-hybridized carbons (Fsp3) is 0.182. The van der Waals surface area contributed by atoms with Crippen molar-refractivity contribution in [1.29, 1.82) is 0 Å². The van der Waals surface area contributed by atoms with E-state index in [2.05, 4.69) is 4.74 Å². The zero-order chi connectivity index (χ0) is 10.6. The predicted molar refractivity (Wildman–Crippen MR) is 57.2 cm³/mol. The molecule has 0 N–H and O–H groups in total. The molecule has 0 heterocycles. The summed E-state index contributed by atoms with van der Waals surface area (Å²) in [4.78, 5) is 10.8. The number of rotatable bonds is 2. The number of halogens is 1. The predicted octanol–water partition coefficient (Wildman–Crippen LogP) is 2.83. The molecule has 0 bridgehead atoms. The Balaban J connectivity index is 2.83. The first-order valence-corrected chi connectivity index (χ1v) is 4.53. The van der Waals surface area contributed by atoms with Gasteiger partial charge in [0.2, 0.25) is 0 Å². The fourth-order valence-electron chi connectivity index (χ4n) is 1.00. The molecule has 0 aliphatic carbocycles. The molecule has 0 aliphatic heterocycles. The minimum Gasteiger partial charge on any atom is -0.466 e. The maximum atomic E-state index is 10.8. The average Bonchev–Trinajstić information content (AvgIpc) is 2.19. The second kappa shape index (κ2) is 4.82. The van der Waals surface area contributed by atoms with Crippen LogP contribution in [0.25, 0.3) is 6.08 Å². The van der Waals surface area contributed by atoms with Gasteiger partial charge in [-0.2, -0.15) is 0 Å². The average molecular weight is 211 g/mol. The molecule has 14 heavy (non-hydrogen) atoms. The normalized spacial score (nSPS) is 10.5. The largest absolute Gasteiger partial charge is 0.466 e. The lowest BCUT2D eigenvalue weighted by molar-refractivity contribution is -0.134. The number of carbonyl (C=O) groups excluding carboxylic acids is 1. The standard InChI is InChI=1S/C11H11ClO2/c1-8-7-9(3-5-10(8)12)4-6-11(13)14-2/h3-7H,1-2H3/b6-4+. The summed E-state index contributed by atoms with van der Waals surface area (Å²) in [6, 6.07) is 5.55. The Kier molecular flexibility index (Phi) is 3.72. The van der Waals surface area contributed by atoms with E-state index in [1.807, 2.05) is 19.1 Å². The smallest absolute Gasteiger partial charge is 0.330 e. The van der Waals surface area contributed by atoms with E-state index in [1.54, 1.807) is 12.1 Å². The van der Waals surface area contributed by atoms with E-state index in [4.69, 9.17) is 11.6 Å². The van der Waals surface area contributed by atoms with Crippen molar-refractivity contribution >= 4 is 23.6 Å². The molecule has 0 spiro atoms. The van der Waals surface area contributed by atoms with Crippen LogP contribution in [0.3, 0.4) is 0 Å². The van der Waals surface area contributed by atoms with Gasteiger partial charge < -0.3 is 4.74 Å². The molecule has 2 nitrogen and oxygen atoms in total. The van der Waals surface area contributed by atoms with Crippen LogP contribution < -0.4 is 0 Å². The van der Waals surface area contributed by atoms with Crippen LogP contribution in [0.2, 0.25) is 5.02 Å². The quantitative estimate of drug-likeness (QED) is 0.554. The highest BCUT2D eigenvalue weighted by Gasteiger charge is 1.96. The Morgan fingerprint density at radius 2 is 2.21 bits per heavy atom. The number of ether oxygens (including phenoxy) is 1. The zero-order valence-electron chi connectivity index (χ0n) is 8.08. The third kappa shape index (κ3) is 2.89. The van der Waals surface area contributed by atoms with E-state index < -0.39 is 0 Å². The number of benzene rings is 1. The minimum absolute atomic E-state index is 0.363. The molecule has 1 aromatic carbocycles. The monoisotopic (exact) mass is 210 g/mol. The van der Waals surface area contributed by atoms with Crippen molar-refractivity contribution in [3.63, 3.8) is 0 Å². The van der Waals surface area contributed by atoms with Crippen LogP contribution in [0.15, 0.2) is 24.3 Å². The third-order valence-corrected chi connectivity index (χ3v) is 2.22. The number of aryl methyl sites for hydroxylation is 1. The Morgan fingerprint density at radius 1 is 1.50 bits per heavy atom. The summed E-state index contributed by atoms with van der Waals surface area (Å²) in [5.41, 5.74) is 1.91. The molecule has 1 rings (SSSR count). The van der Waals surface area contributed by atoms with E-state index >= 15 is 0 Å². The van der Waals surface area contributed by atoms with Crippen LogP contribution in [0.5, 0.6) is 0 Å². The Bertz CT molecular complexity index is 370. The number of hydrogen-bond acceptors (Lipinski definition) is 2. The highest BCUT2D eigenvalue weighted by atomic mass is 35.5. The van der Waals surface area contributed by atoms with E-state index in [0.29, 0.717) is 0 Å². The molecular formula is C11H11ClO2. The molecule has 0 fully saturated rings. The zero-order valence-corrected chi connectivity index (χ0v) is 8.84. The number of carbonyl (C=O) groups is 1. The topological polar surface area (TPSA) is 26.3 Å². The van der Waals surface area contributed by atoms with Crippen LogP contribution in [0.1, 0.15) is 11.1 Å². The molecular weight excluding hydrogens is 200 g/mol. The molecule has 3 heteroatoms. The molecule has 0 atom stereocenters. The van der Waals surface area contributed by atoms with Gasteiger partial charge in [0.15, 0.2) is 0 Å². The Hall–Kier alpha value is -1.28. The molecule has 0 aliphatic rings. The van der Waals surface area contributed by atoms with Crippen molar-refractivity contribution < 1.29 is 9.53 Å². The lowest BCUT2D eigenvalue weighted by Gasteiger charge is -1.98. The SMILES string of the molecule is COC(=O)/C=C/c1ccc(Cl)c(C)c1. The van der Waals surface area contributed by atoms with E-state index in [9.17, 15) is 4.79 Å².